The molecule has 1 aromatic carbocycles. The maximum atomic E-state index is 12.6. The zero-order valence-corrected chi connectivity index (χ0v) is 16.4. The summed E-state index contributed by atoms with van der Waals surface area (Å²) in [6.07, 6.45) is 2.22. The van der Waals surface area contributed by atoms with Gasteiger partial charge in [-0.2, -0.15) is 0 Å². The van der Waals surface area contributed by atoms with Crippen LogP contribution in [0.15, 0.2) is 29.3 Å². The Balaban J connectivity index is 3.13. The van der Waals surface area contributed by atoms with E-state index >= 15 is 0 Å². The van der Waals surface area contributed by atoms with E-state index in [1.807, 2.05) is 6.92 Å². The highest BCUT2D eigenvalue weighted by molar-refractivity contribution is 6.02. The van der Waals surface area contributed by atoms with Crippen LogP contribution in [0.1, 0.15) is 40.0 Å². The molecule has 0 bridgehead atoms. The van der Waals surface area contributed by atoms with Gasteiger partial charge in [0.25, 0.3) is 0 Å². The summed E-state index contributed by atoms with van der Waals surface area (Å²) in [5, 5.41) is 0. The number of carbonyl (C=O) groups excluding carboxylic acids is 2. The fourth-order valence-electron chi connectivity index (χ4n) is 2.32. The predicted octanol–water partition coefficient (Wildman–Crippen LogP) is 3.70. The van der Waals surface area contributed by atoms with Crippen LogP contribution in [-0.4, -0.2) is 38.5 Å². The van der Waals surface area contributed by atoms with E-state index in [2.05, 4.69) is 16.8 Å². The van der Waals surface area contributed by atoms with Crippen LogP contribution in [0.3, 0.4) is 0 Å². The van der Waals surface area contributed by atoms with E-state index < -0.39 is 17.4 Å². The van der Waals surface area contributed by atoms with E-state index in [1.54, 1.807) is 45.2 Å². The lowest BCUT2D eigenvalue weighted by Crippen LogP contribution is -2.42. The average Bonchev–Trinajstić information content (AvgIpc) is 2.67. The van der Waals surface area contributed by atoms with E-state index in [0.29, 0.717) is 12.1 Å². The van der Waals surface area contributed by atoms with Crippen LogP contribution in [0.5, 0.6) is 5.75 Å². The Morgan fingerprint density at radius 1 is 1.04 bits per heavy atom. The van der Waals surface area contributed by atoms with Crippen LogP contribution in [0.4, 0.5) is 5.69 Å². The van der Waals surface area contributed by atoms with E-state index in [4.69, 9.17) is 14.2 Å². The molecule has 0 saturated carbocycles. The Labute approximate surface area is 160 Å². The minimum atomic E-state index is -1.52. The lowest BCUT2D eigenvalue weighted by atomic mass is 9.81. The van der Waals surface area contributed by atoms with Crippen molar-refractivity contribution in [2.24, 2.45) is 10.4 Å². The molecular formula is C21H27NO5. The molecule has 0 N–H and O–H groups in total. The molecule has 6 heteroatoms. The molecule has 0 saturated heterocycles. The Kier molecular flexibility index (Phi) is 9.66. The lowest BCUT2D eigenvalue weighted by molar-refractivity contribution is -0.171. The maximum Gasteiger partial charge on any atom is 0.324 e. The summed E-state index contributed by atoms with van der Waals surface area (Å²) < 4.78 is 15.4. The smallest absolute Gasteiger partial charge is 0.324 e. The van der Waals surface area contributed by atoms with Crippen molar-refractivity contribution in [1.29, 1.82) is 0 Å². The van der Waals surface area contributed by atoms with Crippen LogP contribution in [0.25, 0.3) is 0 Å². The normalized spacial score (nSPS) is 10.8. The van der Waals surface area contributed by atoms with Crippen molar-refractivity contribution < 1.29 is 23.8 Å². The quantitative estimate of drug-likeness (QED) is 0.286. The van der Waals surface area contributed by atoms with Crippen molar-refractivity contribution in [2.75, 3.05) is 20.3 Å². The van der Waals surface area contributed by atoms with Gasteiger partial charge in [0, 0.05) is 25.5 Å². The second kappa shape index (κ2) is 11.7. The number of rotatable bonds is 9. The van der Waals surface area contributed by atoms with Crippen molar-refractivity contribution in [1.82, 2.24) is 0 Å². The number of hydrogen-bond donors (Lipinski definition) is 0. The van der Waals surface area contributed by atoms with Crippen molar-refractivity contribution >= 4 is 23.8 Å². The highest BCUT2D eigenvalue weighted by Gasteiger charge is 2.47. The molecule has 0 amide bonds. The molecule has 0 spiro atoms. The van der Waals surface area contributed by atoms with Gasteiger partial charge in [-0.1, -0.05) is 6.92 Å². The molecule has 1 rings (SSSR count). The third-order valence-corrected chi connectivity index (χ3v) is 3.78. The number of esters is 2. The van der Waals surface area contributed by atoms with Crippen molar-refractivity contribution in [3.05, 3.63) is 24.3 Å². The van der Waals surface area contributed by atoms with Gasteiger partial charge in [0.05, 0.1) is 26.0 Å². The van der Waals surface area contributed by atoms with Crippen LogP contribution in [0, 0.1) is 17.3 Å². The molecule has 0 aliphatic carbocycles. The van der Waals surface area contributed by atoms with Gasteiger partial charge in [0.2, 0.25) is 0 Å². The SMILES string of the molecule is CCC#CCC(CC=Nc1ccc(OC)cc1)(C(=O)OCC)C(=O)OCC. The van der Waals surface area contributed by atoms with Crippen LogP contribution >= 0.6 is 0 Å². The Morgan fingerprint density at radius 3 is 2.11 bits per heavy atom. The third-order valence-electron chi connectivity index (χ3n) is 3.78. The Hall–Kier alpha value is -2.81. The van der Waals surface area contributed by atoms with Crippen LogP contribution < -0.4 is 4.74 Å². The molecule has 1 aromatic rings. The molecule has 146 valence electrons. The van der Waals surface area contributed by atoms with Gasteiger partial charge in [0.1, 0.15) is 5.75 Å². The van der Waals surface area contributed by atoms with E-state index in [9.17, 15) is 9.59 Å². The van der Waals surface area contributed by atoms with Crippen molar-refractivity contribution in [3.8, 4) is 17.6 Å². The fourth-order valence-corrected chi connectivity index (χ4v) is 2.32. The zero-order valence-electron chi connectivity index (χ0n) is 16.4. The third kappa shape index (κ3) is 6.45. The number of benzene rings is 1. The first kappa shape index (κ1) is 22.2. The molecule has 0 aromatic heterocycles. The van der Waals surface area contributed by atoms with Gasteiger partial charge in [-0.05, 0) is 38.1 Å². The van der Waals surface area contributed by atoms with Gasteiger partial charge in [0.15, 0.2) is 5.41 Å². The number of ether oxygens (including phenoxy) is 3. The van der Waals surface area contributed by atoms with Crippen molar-refractivity contribution in [2.45, 2.75) is 40.0 Å². The monoisotopic (exact) mass is 373 g/mol. The van der Waals surface area contributed by atoms with E-state index in [1.165, 1.54) is 6.21 Å². The van der Waals surface area contributed by atoms with Gasteiger partial charge in [-0.3, -0.25) is 14.6 Å². The van der Waals surface area contributed by atoms with Crippen LogP contribution in [-0.2, 0) is 19.1 Å². The topological polar surface area (TPSA) is 74.2 Å². The first-order chi connectivity index (χ1) is 13.0. The summed E-state index contributed by atoms with van der Waals surface area (Å²) in [7, 11) is 1.59. The standard InChI is InChI=1S/C21H27NO5/c1-5-8-9-14-21(19(23)26-6-2,20(24)27-7-3)15-16-22-17-10-12-18(25-4)13-11-17/h10-13,16H,5-7,14-15H2,1-4H3. The predicted molar refractivity (Wildman–Crippen MR) is 104 cm³/mol. The molecule has 0 heterocycles. The minimum absolute atomic E-state index is 0.0210. The lowest BCUT2D eigenvalue weighted by Gasteiger charge is -2.25. The number of carbonyl (C=O) groups is 2. The zero-order chi connectivity index (χ0) is 20.1. The van der Waals surface area contributed by atoms with Gasteiger partial charge < -0.3 is 14.2 Å². The second-order valence-corrected chi connectivity index (χ2v) is 5.62. The van der Waals surface area contributed by atoms with Crippen LogP contribution in [0.2, 0.25) is 0 Å². The number of nitrogens with zero attached hydrogens (tertiary/aromatic N) is 1. The summed E-state index contributed by atoms with van der Waals surface area (Å²) in [6.45, 7) is 5.61. The Bertz CT molecular complexity index is 680. The summed E-state index contributed by atoms with van der Waals surface area (Å²) in [5.41, 5.74) is -0.846. The summed E-state index contributed by atoms with van der Waals surface area (Å²) in [5.74, 6) is 5.21. The first-order valence-electron chi connectivity index (χ1n) is 9.00. The molecule has 6 nitrogen and oxygen atoms in total. The fraction of sp³-hybridized carbons (Fsp3) is 0.476. The summed E-state index contributed by atoms with van der Waals surface area (Å²) in [6, 6.07) is 7.12. The molecule has 0 radical (unpaired) electrons. The van der Waals surface area contributed by atoms with E-state index in [0.717, 1.165) is 5.75 Å². The van der Waals surface area contributed by atoms with Crippen molar-refractivity contribution in [3.63, 3.8) is 0 Å². The second-order valence-electron chi connectivity index (χ2n) is 5.62. The number of hydrogen-bond acceptors (Lipinski definition) is 6. The van der Waals surface area contributed by atoms with E-state index in [-0.39, 0.29) is 26.1 Å². The molecule has 0 aliphatic rings. The summed E-state index contributed by atoms with van der Waals surface area (Å²) >= 11 is 0. The molecule has 0 aliphatic heterocycles. The summed E-state index contributed by atoms with van der Waals surface area (Å²) in [4.78, 5) is 29.6. The maximum absolute atomic E-state index is 12.6. The van der Waals surface area contributed by atoms with Gasteiger partial charge >= 0.3 is 11.9 Å². The molecule has 0 atom stereocenters. The molecule has 0 unspecified atom stereocenters. The Morgan fingerprint density at radius 2 is 1.63 bits per heavy atom. The first-order valence-corrected chi connectivity index (χ1v) is 9.00. The van der Waals surface area contributed by atoms with Gasteiger partial charge in [-0.15, -0.1) is 11.8 Å². The largest absolute Gasteiger partial charge is 0.497 e. The molecule has 27 heavy (non-hydrogen) atoms. The average molecular weight is 373 g/mol. The molecule has 0 fully saturated rings. The minimum Gasteiger partial charge on any atom is -0.497 e. The van der Waals surface area contributed by atoms with Gasteiger partial charge in [-0.25, -0.2) is 0 Å². The highest BCUT2D eigenvalue weighted by Crippen LogP contribution is 2.30. The number of aliphatic imine (C=N–C) groups is 1. The molecular weight excluding hydrogens is 346 g/mol. The highest BCUT2D eigenvalue weighted by atomic mass is 16.6. The number of methoxy groups -OCH3 is 1.